The number of amides is 1. The van der Waals surface area contributed by atoms with Crippen molar-refractivity contribution in [3.8, 4) is 5.75 Å². The van der Waals surface area contributed by atoms with Crippen LogP contribution in [0.4, 0.5) is 5.69 Å². The molecule has 0 unspecified atom stereocenters. The molecule has 2 rings (SSSR count). The molecule has 0 saturated heterocycles. The number of carbonyl (C=O) groups excluding carboxylic acids is 3. The molecule has 166 valence electrons. The standard InChI is InChI=1S/C24H29NO6/c1-5-16-10-9-11-17(6-2)22(16)25-21(26)15-31-20-13-18(23(27)29-7-3)12-19(14-20)24(28)30-8-4/h9-14H,5-8,15H2,1-4H3,(H,25,26). The Morgan fingerprint density at radius 3 is 1.77 bits per heavy atom. The van der Waals surface area contributed by atoms with Crippen molar-refractivity contribution in [2.75, 3.05) is 25.1 Å². The minimum Gasteiger partial charge on any atom is -0.484 e. The van der Waals surface area contributed by atoms with Crippen LogP contribution >= 0.6 is 0 Å². The third-order valence-corrected chi connectivity index (χ3v) is 4.56. The molecule has 2 aromatic carbocycles. The van der Waals surface area contributed by atoms with E-state index in [2.05, 4.69) is 5.32 Å². The maximum Gasteiger partial charge on any atom is 0.338 e. The van der Waals surface area contributed by atoms with Gasteiger partial charge in [-0.15, -0.1) is 0 Å². The minimum atomic E-state index is -0.590. The zero-order valence-electron chi connectivity index (χ0n) is 18.4. The Hall–Kier alpha value is -3.35. The molecule has 0 aliphatic rings. The van der Waals surface area contributed by atoms with Gasteiger partial charge in [0, 0.05) is 5.69 Å². The molecule has 0 spiro atoms. The Labute approximate surface area is 182 Å². The van der Waals surface area contributed by atoms with E-state index in [4.69, 9.17) is 14.2 Å². The summed E-state index contributed by atoms with van der Waals surface area (Å²) in [5.41, 5.74) is 3.18. The molecule has 7 heteroatoms. The molecule has 0 radical (unpaired) electrons. The van der Waals surface area contributed by atoms with Gasteiger partial charge >= 0.3 is 11.9 Å². The zero-order valence-corrected chi connectivity index (χ0v) is 18.4. The van der Waals surface area contributed by atoms with E-state index in [0.29, 0.717) is 0 Å². The fraction of sp³-hybridized carbons (Fsp3) is 0.375. The average molecular weight is 427 g/mol. The summed E-state index contributed by atoms with van der Waals surface area (Å²) in [4.78, 5) is 36.8. The molecule has 0 aliphatic heterocycles. The van der Waals surface area contributed by atoms with Gasteiger partial charge < -0.3 is 19.5 Å². The summed E-state index contributed by atoms with van der Waals surface area (Å²) in [6.07, 6.45) is 1.57. The summed E-state index contributed by atoms with van der Waals surface area (Å²) in [6.45, 7) is 7.53. The van der Waals surface area contributed by atoms with Crippen LogP contribution in [-0.4, -0.2) is 37.7 Å². The van der Waals surface area contributed by atoms with E-state index < -0.39 is 11.9 Å². The second kappa shape index (κ2) is 11.7. The van der Waals surface area contributed by atoms with Gasteiger partial charge in [-0.1, -0.05) is 32.0 Å². The number of benzene rings is 2. The molecule has 0 aromatic heterocycles. The van der Waals surface area contributed by atoms with Crippen molar-refractivity contribution in [3.05, 3.63) is 58.7 Å². The summed E-state index contributed by atoms with van der Waals surface area (Å²) in [6, 6.07) is 10.2. The van der Waals surface area contributed by atoms with Crippen LogP contribution in [0.5, 0.6) is 5.75 Å². The highest BCUT2D eigenvalue weighted by atomic mass is 16.5. The van der Waals surface area contributed by atoms with Gasteiger partial charge in [-0.2, -0.15) is 0 Å². The lowest BCUT2D eigenvalue weighted by Gasteiger charge is -2.15. The van der Waals surface area contributed by atoms with E-state index in [-0.39, 0.29) is 42.6 Å². The van der Waals surface area contributed by atoms with Crippen molar-refractivity contribution < 1.29 is 28.6 Å². The van der Waals surface area contributed by atoms with Gasteiger partial charge in [-0.25, -0.2) is 9.59 Å². The zero-order chi connectivity index (χ0) is 22.8. The lowest BCUT2D eigenvalue weighted by molar-refractivity contribution is -0.118. The molecule has 0 saturated carbocycles. The number of hydrogen-bond donors (Lipinski definition) is 1. The van der Waals surface area contributed by atoms with Gasteiger partial charge in [-0.05, 0) is 56.0 Å². The topological polar surface area (TPSA) is 90.9 Å². The van der Waals surface area contributed by atoms with Crippen LogP contribution in [0.2, 0.25) is 0 Å². The second-order valence-corrected chi connectivity index (χ2v) is 6.68. The smallest absolute Gasteiger partial charge is 0.338 e. The molecular formula is C24H29NO6. The number of carbonyl (C=O) groups is 3. The molecular weight excluding hydrogens is 398 g/mol. The number of anilines is 1. The van der Waals surface area contributed by atoms with E-state index >= 15 is 0 Å². The Balaban J connectivity index is 2.19. The molecule has 0 atom stereocenters. The molecule has 1 N–H and O–H groups in total. The van der Waals surface area contributed by atoms with Crippen molar-refractivity contribution >= 4 is 23.5 Å². The predicted octanol–water partition coefficient (Wildman–Crippen LogP) is 4.18. The quantitative estimate of drug-likeness (QED) is 0.572. The number of ether oxygens (including phenoxy) is 3. The third-order valence-electron chi connectivity index (χ3n) is 4.56. The highest BCUT2D eigenvalue weighted by Gasteiger charge is 2.16. The molecule has 31 heavy (non-hydrogen) atoms. The number of esters is 2. The Morgan fingerprint density at radius 1 is 0.806 bits per heavy atom. The number of para-hydroxylation sites is 1. The van der Waals surface area contributed by atoms with E-state index in [1.807, 2.05) is 32.0 Å². The molecule has 0 aliphatic carbocycles. The van der Waals surface area contributed by atoms with Crippen molar-refractivity contribution in [3.63, 3.8) is 0 Å². The Morgan fingerprint density at radius 2 is 1.32 bits per heavy atom. The molecule has 0 heterocycles. The number of nitrogens with one attached hydrogen (secondary N) is 1. The first-order valence-corrected chi connectivity index (χ1v) is 10.5. The second-order valence-electron chi connectivity index (χ2n) is 6.68. The van der Waals surface area contributed by atoms with Crippen molar-refractivity contribution in [2.45, 2.75) is 40.5 Å². The Kier molecular flexibility index (Phi) is 9.06. The average Bonchev–Trinajstić information content (AvgIpc) is 2.78. The number of aryl methyl sites for hydroxylation is 2. The van der Waals surface area contributed by atoms with Gasteiger partial charge in [0.1, 0.15) is 5.75 Å². The third kappa shape index (κ3) is 6.57. The molecule has 1 amide bonds. The van der Waals surface area contributed by atoms with Crippen LogP contribution in [0.25, 0.3) is 0 Å². The Bertz CT molecular complexity index is 879. The fourth-order valence-corrected chi connectivity index (χ4v) is 3.07. The summed E-state index contributed by atoms with van der Waals surface area (Å²) < 4.78 is 15.6. The van der Waals surface area contributed by atoms with E-state index in [1.54, 1.807) is 13.8 Å². The predicted molar refractivity (Wildman–Crippen MR) is 118 cm³/mol. The van der Waals surface area contributed by atoms with Crippen LogP contribution in [0.15, 0.2) is 36.4 Å². The lowest BCUT2D eigenvalue weighted by atomic mass is 10.0. The maximum atomic E-state index is 12.5. The van der Waals surface area contributed by atoms with Gasteiger partial charge in [0.25, 0.3) is 5.91 Å². The van der Waals surface area contributed by atoms with Crippen LogP contribution in [0.3, 0.4) is 0 Å². The molecule has 7 nitrogen and oxygen atoms in total. The summed E-state index contributed by atoms with van der Waals surface area (Å²) in [7, 11) is 0. The first kappa shape index (κ1) is 23.9. The first-order valence-electron chi connectivity index (χ1n) is 10.5. The summed E-state index contributed by atoms with van der Waals surface area (Å²) in [5, 5.41) is 2.92. The normalized spacial score (nSPS) is 10.3. The lowest BCUT2D eigenvalue weighted by Crippen LogP contribution is -2.22. The summed E-state index contributed by atoms with van der Waals surface area (Å²) >= 11 is 0. The SMILES string of the molecule is CCOC(=O)c1cc(OCC(=O)Nc2c(CC)cccc2CC)cc(C(=O)OCC)c1. The van der Waals surface area contributed by atoms with Crippen molar-refractivity contribution in [1.82, 2.24) is 0 Å². The van der Waals surface area contributed by atoms with Crippen molar-refractivity contribution in [2.24, 2.45) is 0 Å². The van der Waals surface area contributed by atoms with Crippen LogP contribution in [-0.2, 0) is 27.1 Å². The highest BCUT2D eigenvalue weighted by molar-refractivity contribution is 5.96. The molecule has 0 fully saturated rings. The van der Waals surface area contributed by atoms with Crippen LogP contribution in [0, 0.1) is 0 Å². The highest BCUT2D eigenvalue weighted by Crippen LogP contribution is 2.23. The maximum absolute atomic E-state index is 12.5. The summed E-state index contributed by atoms with van der Waals surface area (Å²) in [5.74, 6) is -1.32. The van der Waals surface area contributed by atoms with E-state index in [0.717, 1.165) is 29.7 Å². The number of rotatable bonds is 10. The monoisotopic (exact) mass is 427 g/mol. The van der Waals surface area contributed by atoms with Crippen LogP contribution in [0.1, 0.15) is 59.5 Å². The van der Waals surface area contributed by atoms with Gasteiger partial charge in [0.05, 0.1) is 24.3 Å². The molecule has 2 aromatic rings. The van der Waals surface area contributed by atoms with Crippen LogP contribution < -0.4 is 10.1 Å². The fourth-order valence-electron chi connectivity index (χ4n) is 3.07. The minimum absolute atomic E-state index is 0.146. The largest absolute Gasteiger partial charge is 0.484 e. The van der Waals surface area contributed by atoms with E-state index in [9.17, 15) is 14.4 Å². The van der Waals surface area contributed by atoms with Gasteiger partial charge in [0.2, 0.25) is 0 Å². The van der Waals surface area contributed by atoms with Gasteiger partial charge in [-0.3, -0.25) is 4.79 Å². The van der Waals surface area contributed by atoms with E-state index in [1.165, 1.54) is 18.2 Å². The van der Waals surface area contributed by atoms with Crippen molar-refractivity contribution in [1.29, 1.82) is 0 Å². The molecule has 0 bridgehead atoms. The first-order chi connectivity index (χ1) is 14.9. The van der Waals surface area contributed by atoms with Gasteiger partial charge in [0.15, 0.2) is 6.61 Å². The number of hydrogen-bond acceptors (Lipinski definition) is 6.